The summed E-state index contributed by atoms with van der Waals surface area (Å²) in [6.07, 6.45) is 3.89. The van der Waals surface area contributed by atoms with Crippen molar-refractivity contribution in [2.45, 2.75) is 67.0 Å². The van der Waals surface area contributed by atoms with Gasteiger partial charge in [0, 0.05) is 38.2 Å². The molecular weight excluding hydrogens is 386 g/mol. The first kappa shape index (κ1) is 23.2. The lowest BCUT2D eigenvalue weighted by Gasteiger charge is -2.22. The number of nitrogens with one attached hydrogen (secondary N) is 1. The van der Waals surface area contributed by atoms with E-state index in [1.165, 1.54) is 5.57 Å². The summed E-state index contributed by atoms with van der Waals surface area (Å²) in [6.45, 7) is 16.5. The Balaban J connectivity index is 1.81. The van der Waals surface area contributed by atoms with Gasteiger partial charge in [-0.05, 0) is 52.2 Å². The number of allylic oxidation sites excluding steroid dienone is 1. The summed E-state index contributed by atoms with van der Waals surface area (Å²) in [4.78, 5) is 15.6. The van der Waals surface area contributed by atoms with Gasteiger partial charge in [0.15, 0.2) is 5.82 Å². The van der Waals surface area contributed by atoms with Gasteiger partial charge in [-0.2, -0.15) is 0 Å². The topological polar surface area (TPSA) is 63.1 Å². The number of amides is 1. The van der Waals surface area contributed by atoms with Gasteiger partial charge in [0.05, 0.1) is 6.04 Å². The zero-order valence-electron chi connectivity index (χ0n) is 19.9. The first-order chi connectivity index (χ1) is 14.8. The number of benzene rings is 1. The number of hydrogen-bond donors (Lipinski definition) is 1. The van der Waals surface area contributed by atoms with Crippen molar-refractivity contribution in [2.24, 2.45) is 5.92 Å². The molecule has 0 aliphatic carbocycles. The van der Waals surface area contributed by atoms with Gasteiger partial charge >= 0.3 is 0 Å². The van der Waals surface area contributed by atoms with Gasteiger partial charge in [0.25, 0.3) is 5.91 Å². The van der Waals surface area contributed by atoms with Crippen molar-refractivity contribution in [1.82, 2.24) is 25.0 Å². The van der Waals surface area contributed by atoms with E-state index in [1.807, 2.05) is 26.0 Å². The molecule has 168 valence electrons. The van der Waals surface area contributed by atoms with E-state index in [0.29, 0.717) is 11.5 Å². The molecule has 0 radical (unpaired) electrons. The van der Waals surface area contributed by atoms with E-state index in [-0.39, 0.29) is 11.9 Å². The Morgan fingerprint density at radius 2 is 1.84 bits per heavy atom. The molecule has 1 unspecified atom stereocenters. The lowest BCUT2D eigenvalue weighted by molar-refractivity contribution is 0.0928. The van der Waals surface area contributed by atoms with E-state index >= 15 is 0 Å². The Labute approximate surface area is 186 Å². The summed E-state index contributed by atoms with van der Waals surface area (Å²) in [5.41, 5.74) is 4.28. The van der Waals surface area contributed by atoms with Crippen LogP contribution in [0.15, 0.2) is 29.8 Å². The normalized spacial score (nSPS) is 16.2. The van der Waals surface area contributed by atoms with Crippen LogP contribution in [0.1, 0.15) is 73.3 Å². The molecule has 2 heterocycles. The largest absolute Gasteiger partial charge is 0.342 e. The predicted molar refractivity (Wildman–Crippen MR) is 125 cm³/mol. The fourth-order valence-electron chi connectivity index (χ4n) is 4.30. The molecule has 3 rings (SSSR count). The fraction of sp³-hybridized carbons (Fsp3) is 0.560. The maximum atomic E-state index is 13.1. The number of aromatic nitrogens is 3. The zero-order valence-corrected chi connectivity index (χ0v) is 19.9. The zero-order chi connectivity index (χ0) is 22.5. The fourth-order valence-corrected chi connectivity index (χ4v) is 4.30. The smallest absolute Gasteiger partial charge is 0.251 e. The van der Waals surface area contributed by atoms with Gasteiger partial charge in [0.2, 0.25) is 0 Å². The summed E-state index contributed by atoms with van der Waals surface area (Å²) >= 11 is 0. The molecule has 1 aromatic heterocycles. The van der Waals surface area contributed by atoms with Gasteiger partial charge in [-0.3, -0.25) is 9.69 Å². The molecule has 1 aromatic carbocycles. The summed E-state index contributed by atoms with van der Waals surface area (Å²) in [5.74, 6) is 2.28. The van der Waals surface area contributed by atoms with Crippen LogP contribution in [0.25, 0.3) is 0 Å². The first-order valence-electron chi connectivity index (χ1n) is 11.4. The van der Waals surface area contributed by atoms with Crippen molar-refractivity contribution >= 4 is 5.91 Å². The molecule has 6 heteroatoms. The lowest BCUT2D eigenvalue weighted by atomic mass is 10.0. The SMILES string of the molecule is CC=C(C)CN1CCc2nnc(C(CC(C)C)NC(=O)c3cc(C)cc(C)c3)n2CC1. The van der Waals surface area contributed by atoms with E-state index in [4.69, 9.17) is 0 Å². The second-order valence-electron chi connectivity index (χ2n) is 9.32. The molecule has 1 amide bonds. The Bertz CT molecular complexity index is 923. The Morgan fingerprint density at radius 3 is 2.48 bits per heavy atom. The molecule has 31 heavy (non-hydrogen) atoms. The number of carbonyl (C=O) groups is 1. The number of hydrogen-bond acceptors (Lipinski definition) is 4. The van der Waals surface area contributed by atoms with Crippen LogP contribution in [0.4, 0.5) is 0 Å². The van der Waals surface area contributed by atoms with E-state index in [0.717, 1.165) is 61.8 Å². The summed E-state index contributed by atoms with van der Waals surface area (Å²) in [5, 5.41) is 12.3. The molecule has 0 saturated heterocycles. The van der Waals surface area contributed by atoms with Crippen molar-refractivity contribution in [3.63, 3.8) is 0 Å². The van der Waals surface area contributed by atoms with Gasteiger partial charge in [-0.15, -0.1) is 10.2 Å². The van der Waals surface area contributed by atoms with Crippen molar-refractivity contribution in [3.8, 4) is 0 Å². The molecule has 0 saturated carbocycles. The highest BCUT2D eigenvalue weighted by atomic mass is 16.1. The minimum Gasteiger partial charge on any atom is -0.342 e. The second kappa shape index (κ2) is 10.2. The van der Waals surface area contributed by atoms with Gasteiger partial charge < -0.3 is 9.88 Å². The monoisotopic (exact) mass is 423 g/mol. The molecule has 2 aromatic rings. The van der Waals surface area contributed by atoms with Crippen molar-refractivity contribution in [1.29, 1.82) is 0 Å². The van der Waals surface area contributed by atoms with Crippen molar-refractivity contribution in [2.75, 3.05) is 19.6 Å². The molecule has 6 nitrogen and oxygen atoms in total. The van der Waals surface area contributed by atoms with E-state index in [9.17, 15) is 4.79 Å². The van der Waals surface area contributed by atoms with Crippen LogP contribution in [-0.4, -0.2) is 45.2 Å². The van der Waals surface area contributed by atoms with Crippen molar-refractivity contribution < 1.29 is 4.79 Å². The van der Waals surface area contributed by atoms with E-state index < -0.39 is 0 Å². The van der Waals surface area contributed by atoms with Crippen LogP contribution < -0.4 is 5.32 Å². The number of rotatable bonds is 7. The molecule has 0 bridgehead atoms. The van der Waals surface area contributed by atoms with Crippen molar-refractivity contribution in [3.05, 3.63) is 58.2 Å². The highest BCUT2D eigenvalue weighted by Gasteiger charge is 2.26. The molecule has 1 N–H and O–H groups in total. The van der Waals surface area contributed by atoms with E-state index in [2.05, 4.69) is 64.8 Å². The highest BCUT2D eigenvalue weighted by molar-refractivity contribution is 5.94. The molecule has 1 aliphatic heterocycles. The Morgan fingerprint density at radius 1 is 1.13 bits per heavy atom. The number of carbonyl (C=O) groups excluding carboxylic acids is 1. The minimum absolute atomic E-state index is 0.0474. The third-order valence-corrected chi connectivity index (χ3v) is 5.92. The van der Waals surface area contributed by atoms with E-state index in [1.54, 1.807) is 0 Å². The Hall–Kier alpha value is -2.47. The quantitative estimate of drug-likeness (QED) is 0.677. The molecule has 0 spiro atoms. The van der Waals surface area contributed by atoms with Crippen LogP contribution in [0.3, 0.4) is 0 Å². The van der Waals surface area contributed by atoms with Crippen LogP contribution in [0.2, 0.25) is 0 Å². The average Bonchev–Trinajstić information content (AvgIpc) is 3.00. The van der Waals surface area contributed by atoms with Crippen LogP contribution in [0.5, 0.6) is 0 Å². The number of fused-ring (bicyclic) bond motifs is 1. The third-order valence-electron chi connectivity index (χ3n) is 5.92. The Kier molecular flexibility index (Phi) is 7.65. The lowest BCUT2D eigenvalue weighted by Crippen LogP contribution is -2.33. The maximum Gasteiger partial charge on any atom is 0.251 e. The maximum absolute atomic E-state index is 13.1. The van der Waals surface area contributed by atoms with Gasteiger partial charge in [0.1, 0.15) is 5.82 Å². The minimum atomic E-state index is -0.154. The first-order valence-corrected chi connectivity index (χ1v) is 11.4. The molecule has 0 fully saturated rings. The summed E-state index contributed by atoms with van der Waals surface area (Å²) < 4.78 is 2.24. The molecule has 1 aliphatic rings. The average molecular weight is 424 g/mol. The van der Waals surface area contributed by atoms with Gasteiger partial charge in [-0.1, -0.05) is 42.7 Å². The predicted octanol–water partition coefficient (Wildman–Crippen LogP) is 4.24. The third kappa shape index (κ3) is 6.03. The number of aryl methyl sites for hydroxylation is 2. The van der Waals surface area contributed by atoms with Crippen LogP contribution >= 0.6 is 0 Å². The van der Waals surface area contributed by atoms with Gasteiger partial charge in [-0.25, -0.2) is 0 Å². The molecule has 1 atom stereocenters. The molecular formula is C25H37N5O. The standard InChI is InChI=1S/C25H37N5O/c1-7-18(4)16-29-9-8-23-27-28-24(30(23)11-10-29)22(12-17(2)3)26-25(31)21-14-19(5)13-20(6)15-21/h7,13-15,17,22H,8-12,16H2,1-6H3,(H,26,31). The van der Waals surface area contributed by atoms with Crippen LogP contribution in [0, 0.1) is 19.8 Å². The van der Waals surface area contributed by atoms with Crippen LogP contribution in [-0.2, 0) is 13.0 Å². The summed E-state index contributed by atoms with van der Waals surface area (Å²) in [6, 6.07) is 5.82. The second-order valence-corrected chi connectivity index (χ2v) is 9.32. The number of nitrogens with zero attached hydrogens (tertiary/aromatic N) is 4. The highest BCUT2D eigenvalue weighted by Crippen LogP contribution is 2.23. The summed E-state index contributed by atoms with van der Waals surface area (Å²) in [7, 11) is 0.